The molecule has 25 heavy (non-hydrogen) atoms. The van der Waals surface area contributed by atoms with Gasteiger partial charge in [0.2, 0.25) is 0 Å². The number of carbonyl (C=O) groups is 1. The Balaban J connectivity index is 2.01. The van der Waals surface area contributed by atoms with Gasteiger partial charge in [-0.2, -0.15) is 0 Å². The van der Waals surface area contributed by atoms with Gasteiger partial charge in [-0.25, -0.2) is 9.36 Å². The topological polar surface area (TPSA) is 48.6 Å². The molecule has 1 heterocycles. The van der Waals surface area contributed by atoms with Crippen LogP contribution in [0.3, 0.4) is 0 Å². The van der Waals surface area contributed by atoms with Crippen LogP contribution in [-0.4, -0.2) is 32.4 Å². The van der Waals surface area contributed by atoms with Crippen molar-refractivity contribution in [2.45, 2.75) is 6.54 Å². The first-order valence-electron chi connectivity index (χ1n) is 7.76. The number of thioether (sulfide) groups is 1. The highest BCUT2D eigenvalue weighted by atomic mass is 32.2. The number of aryl methyl sites for hydroxylation is 1. The number of carbonyl (C=O) groups excluding carboxylic acids is 1. The second kappa shape index (κ2) is 9.74. The van der Waals surface area contributed by atoms with E-state index in [9.17, 15) is 4.79 Å². The predicted octanol–water partition coefficient (Wildman–Crippen LogP) is 3.66. The Bertz CT molecular complexity index is 729. The Kier molecular flexibility index (Phi) is 7.35. The summed E-state index contributed by atoms with van der Waals surface area (Å²) in [6.07, 6.45) is 7.99. The van der Waals surface area contributed by atoms with E-state index < -0.39 is 0 Å². The Labute approximate surface area is 152 Å². The van der Waals surface area contributed by atoms with E-state index in [4.69, 9.17) is 9.47 Å². The maximum Gasteiger partial charge on any atom is 0.367 e. The van der Waals surface area contributed by atoms with Crippen LogP contribution in [0.2, 0.25) is 0 Å². The first-order chi connectivity index (χ1) is 12.2. The number of rotatable bonds is 7. The molecule has 0 aliphatic heterocycles. The third-order valence-corrected chi connectivity index (χ3v) is 4.33. The monoisotopic (exact) mass is 360 g/mol. The molecule has 0 aliphatic rings. The molecule has 0 radical (unpaired) electrons. The lowest BCUT2D eigenvalue weighted by Gasteiger charge is -2.07. The highest BCUT2D eigenvalue weighted by Gasteiger charge is 2.05. The van der Waals surface area contributed by atoms with Crippen LogP contribution in [0.5, 0.6) is 11.5 Å². The third-order valence-electron chi connectivity index (χ3n) is 3.55. The van der Waals surface area contributed by atoms with Crippen LogP contribution in [0.15, 0.2) is 42.7 Å². The van der Waals surface area contributed by atoms with Gasteiger partial charge in [0.25, 0.3) is 0 Å². The van der Waals surface area contributed by atoms with Gasteiger partial charge in [0.05, 0.1) is 27.1 Å². The summed E-state index contributed by atoms with van der Waals surface area (Å²) in [6.45, 7) is 0.744. The average Bonchev–Trinajstić information content (AvgIpc) is 2.66. The predicted molar refractivity (Wildman–Crippen MR) is 100.0 cm³/mol. The van der Waals surface area contributed by atoms with E-state index in [0.717, 1.165) is 29.2 Å². The maximum atomic E-state index is 11.1. The van der Waals surface area contributed by atoms with Gasteiger partial charge in [0, 0.05) is 17.7 Å². The number of hydrogen-bond acceptors (Lipinski definition) is 5. The fraction of sp³-hybridized carbons (Fsp3) is 0.263. The fourth-order valence-corrected chi connectivity index (χ4v) is 2.76. The first kappa shape index (κ1) is 18.9. The molecule has 2 rings (SSSR count). The summed E-state index contributed by atoms with van der Waals surface area (Å²) in [5, 5.41) is -0.257. The minimum atomic E-state index is -0.257. The molecule has 0 amide bonds. The molecule has 0 atom stereocenters. The number of methoxy groups -OCH3 is 3. The molecule has 132 valence electrons. The van der Waals surface area contributed by atoms with E-state index in [1.165, 1.54) is 18.9 Å². The van der Waals surface area contributed by atoms with Crippen molar-refractivity contribution in [2.24, 2.45) is 0 Å². The number of hydrogen-bond donors (Lipinski definition) is 0. The summed E-state index contributed by atoms with van der Waals surface area (Å²) in [5.41, 5.74) is 2.02. The molecule has 0 N–H and O–H groups in total. The lowest BCUT2D eigenvalue weighted by molar-refractivity contribution is -0.692. The van der Waals surface area contributed by atoms with Gasteiger partial charge < -0.3 is 14.2 Å². The van der Waals surface area contributed by atoms with E-state index in [0.29, 0.717) is 5.75 Å². The molecule has 2 aromatic rings. The molecule has 0 unspecified atom stereocenters. The summed E-state index contributed by atoms with van der Waals surface area (Å²) >= 11 is 1.17. The van der Waals surface area contributed by atoms with Crippen molar-refractivity contribution in [1.82, 2.24) is 0 Å². The second-order valence-corrected chi connectivity index (χ2v) is 6.14. The third kappa shape index (κ3) is 5.83. The van der Waals surface area contributed by atoms with Gasteiger partial charge >= 0.3 is 5.30 Å². The molecule has 1 aromatic heterocycles. The summed E-state index contributed by atoms with van der Waals surface area (Å²) in [7, 11) is 4.68. The second-order valence-electron chi connectivity index (χ2n) is 5.11. The Morgan fingerprint density at radius 3 is 2.48 bits per heavy atom. The smallest absolute Gasteiger partial charge is 0.367 e. The molecule has 5 nitrogen and oxygen atoms in total. The highest BCUT2D eigenvalue weighted by Crippen LogP contribution is 2.25. The number of pyridine rings is 1. The first-order valence-corrected chi connectivity index (χ1v) is 8.74. The summed E-state index contributed by atoms with van der Waals surface area (Å²) in [4.78, 5) is 11.1. The molecule has 0 bridgehead atoms. The van der Waals surface area contributed by atoms with E-state index in [2.05, 4.69) is 4.74 Å². The Morgan fingerprint density at radius 1 is 1.08 bits per heavy atom. The molecule has 0 saturated heterocycles. The van der Waals surface area contributed by atoms with Gasteiger partial charge in [-0.05, 0) is 35.5 Å². The van der Waals surface area contributed by atoms with Gasteiger partial charge in [-0.3, -0.25) is 0 Å². The molecule has 0 aliphatic carbocycles. The SMILES string of the molecule is COC(=O)SCC[n+]1ccc(C=Cc2cc(OC)ccc2OC)cc1. The van der Waals surface area contributed by atoms with Gasteiger partial charge in [-0.1, -0.05) is 12.2 Å². The summed E-state index contributed by atoms with van der Waals surface area (Å²) in [5.74, 6) is 2.26. The van der Waals surface area contributed by atoms with Crippen LogP contribution in [0.4, 0.5) is 4.79 Å². The van der Waals surface area contributed by atoms with Crippen molar-refractivity contribution < 1.29 is 23.6 Å². The summed E-state index contributed by atoms with van der Waals surface area (Å²) in [6, 6.07) is 9.73. The van der Waals surface area contributed by atoms with Crippen LogP contribution >= 0.6 is 11.8 Å². The van der Waals surface area contributed by atoms with Crippen LogP contribution in [0.25, 0.3) is 12.2 Å². The molecular formula is C19H22NO4S+. The number of nitrogens with zero attached hydrogens (tertiary/aromatic N) is 1. The van der Waals surface area contributed by atoms with Crippen LogP contribution in [0, 0.1) is 0 Å². The lowest BCUT2D eigenvalue weighted by Crippen LogP contribution is -2.33. The number of ether oxygens (including phenoxy) is 3. The van der Waals surface area contributed by atoms with E-state index in [1.807, 2.05) is 59.4 Å². The van der Waals surface area contributed by atoms with E-state index >= 15 is 0 Å². The zero-order chi connectivity index (χ0) is 18.1. The van der Waals surface area contributed by atoms with Gasteiger partial charge in [0.1, 0.15) is 11.5 Å². The maximum absolute atomic E-state index is 11.1. The Hall–Kier alpha value is -2.47. The number of benzene rings is 1. The standard InChI is InChI=1S/C19H22NO4S/c1-22-17-6-7-18(23-2)16(14-17)5-4-15-8-10-20(11-9-15)12-13-25-19(21)24-3/h4-11,14H,12-13H2,1-3H3/q+1. The van der Waals surface area contributed by atoms with Crippen molar-refractivity contribution in [3.8, 4) is 11.5 Å². The van der Waals surface area contributed by atoms with Gasteiger partial charge in [-0.15, -0.1) is 0 Å². The van der Waals surface area contributed by atoms with E-state index in [1.54, 1.807) is 14.2 Å². The summed E-state index contributed by atoms with van der Waals surface area (Å²) < 4.78 is 17.3. The van der Waals surface area contributed by atoms with Gasteiger partial charge in [0.15, 0.2) is 18.9 Å². The van der Waals surface area contributed by atoms with Crippen molar-refractivity contribution in [3.63, 3.8) is 0 Å². The minimum Gasteiger partial charge on any atom is -0.497 e. The average molecular weight is 360 g/mol. The van der Waals surface area contributed by atoms with Crippen LogP contribution in [-0.2, 0) is 11.3 Å². The molecule has 6 heteroatoms. The molecular weight excluding hydrogens is 338 g/mol. The molecule has 0 saturated carbocycles. The molecule has 1 aromatic carbocycles. The normalized spacial score (nSPS) is 10.7. The van der Waals surface area contributed by atoms with Crippen LogP contribution < -0.4 is 14.0 Å². The zero-order valence-corrected chi connectivity index (χ0v) is 15.4. The minimum absolute atomic E-state index is 0.257. The fourth-order valence-electron chi connectivity index (χ4n) is 2.18. The zero-order valence-electron chi connectivity index (χ0n) is 14.6. The molecule has 0 fully saturated rings. The quantitative estimate of drug-likeness (QED) is 0.557. The van der Waals surface area contributed by atoms with Crippen molar-refractivity contribution in [3.05, 3.63) is 53.9 Å². The van der Waals surface area contributed by atoms with Crippen molar-refractivity contribution in [2.75, 3.05) is 27.1 Å². The molecule has 0 spiro atoms. The van der Waals surface area contributed by atoms with E-state index in [-0.39, 0.29) is 5.30 Å². The van der Waals surface area contributed by atoms with Crippen LogP contribution in [0.1, 0.15) is 11.1 Å². The lowest BCUT2D eigenvalue weighted by atomic mass is 10.1. The van der Waals surface area contributed by atoms with Crippen molar-refractivity contribution >= 4 is 29.2 Å². The number of aromatic nitrogens is 1. The van der Waals surface area contributed by atoms with Crippen molar-refractivity contribution in [1.29, 1.82) is 0 Å². The largest absolute Gasteiger partial charge is 0.497 e. The highest BCUT2D eigenvalue weighted by molar-refractivity contribution is 8.13. The Morgan fingerprint density at radius 2 is 1.84 bits per heavy atom.